The summed E-state index contributed by atoms with van der Waals surface area (Å²) in [5, 5.41) is 4.28. The van der Waals surface area contributed by atoms with Gasteiger partial charge in [-0.1, -0.05) is 5.16 Å². The van der Waals surface area contributed by atoms with Gasteiger partial charge in [-0.15, -0.1) is 0 Å². The molecule has 9 unspecified atom stereocenters. The summed E-state index contributed by atoms with van der Waals surface area (Å²) in [6.07, 6.45) is -3.83. The average molecular weight is 949 g/mol. The molecule has 1 aliphatic heterocycles. The maximum Gasteiger partial charge on any atom is 0.186 e. The summed E-state index contributed by atoms with van der Waals surface area (Å²) >= 11 is 0. The van der Waals surface area contributed by atoms with Gasteiger partial charge in [0.25, 0.3) is 0 Å². The third-order valence-electron chi connectivity index (χ3n) is 7.52. The Labute approximate surface area is 358 Å². The first-order chi connectivity index (χ1) is 25.2. The van der Waals surface area contributed by atoms with Crippen molar-refractivity contribution in [3.8, 4) is 0 Å². The zero-order valence-corrected chi connectivity index (χ0v) is 49.1. The van der Waals surface area contributed by atoms with E-state index in [0.717, 1.165) is 0 Å². The molecular formula is C37H89NO11Si8. The summed E-state index contributed by atoms with van der Waals surface area (Å²) in [6.45, 7) is 53.2. The first-order valence-corrected chi connectivity index (χ1v) is 48.2. The standard InChI is InChI=1S/C37H89NO11Si8/c1-39-38-26-29(44-52(8,9)10)33(46-54(14,15)16)32(31(45-53(11,12)13)28-41-51(5,6)7)43-37-36(49-57(23,24)25)35(48-56(20,21)22)34(47-55(17,18)19)30(42-37)27-40-50(2,3)4/h26,29-37H,27-28H2,1-25H3/b38-26+. The molecule has 0 amide bonds. The second-order valence-corrected chi connectivity index (χ2v) is 59.0. The van der Waals surface area contributed by atoms with E-state index in [1.54, 1.807) is 6.21 Å². The Hall–Kier alpha value is 0.805. The molecule has 20 heteroatoms. The summed E-state index contributed by atoms with van der Waals surface area (Å²) in [4.78, 5) is 5.28. The lowest BCUT2D eigenvalue weighted by molar-refractivity contribution is -0.316. The van der Waals surface area contributed by atoms with Crippen molar-refractivity contribution in [3.63, 3.8) is 0 Å². The van der Waals surface area contributed by atoms with E-state index in [1.807, 2.05) is 0 Å². The molecule has 12 nitrogen and oxygen atoms in total. The highest BCUT2D eigenvalue weighted by molar-refractivity contribution is 6.72. The normalized spacial score (nSPS) is 24.8. The van der Waals surface area contributed by atoms with Gasteiger partial charge in [0.05, 0.1) is 25.5 Å². The van der Waals surface area contributed by atoms with Crippen LogP contribution in [0.2, 0.25) is 157 Å². The highest BCUT2D eigenvalue weighted by Gasteiger charge is 2.55. The molecule has 0 spiro atoms. The number of ether oxygens (including phenoxy) is 2. The fourth-order valence-electron chi connectivity index (χ4n) is 6.04. The van der Waals surface area contributed by atoms with Gasteiger partial charge in [-0.05, 0) is 157 Å². The zero-order valence-electron chi connectivity index (χ0n) is 41.1. The van der Waals surface area contributed by atoms with Crippen molar-refractivity contribution in [2.45, 2.75) is 212 Å². The summed E-state index contributed by atoms with van der Waals surface area (Å²) in [5.74, 6) is 0. The van der Waals surface area contributed by atoms with E-state index in [0.29, 0.717) is 13.2 Å². The molecule has 9 atom stereocenters. The van der Waals surface area contributed by atoms with Gasteiger partial charge in [-0.2, -0.15) is 0 Å². The molecule has 1 fully saturated rings. The molecule has 1 rings (SSSR count). The van der Waals surface area contributed by atoms with Gasteiger partial charge in [0.2, 0.25) is 0 Å². The van der Waals surface area contributed by atoms with Gasteiger partial charge in [0.15, 0.2) is 72.8 Å². The molecule has 340 valence electrons. The van der Waals surface area contributed by atoms with E-state index in [1.165, 1.54) is 7.11 Å². The fraction of sp³-hybridized carbons (Fsp3) is 0.973. The Morgan fingerprint density at radius 3 is 1.33 bits per heavy atom. The Morgan fingerprint density at radius 1 is 0.491 bits per heavy atom. The minimum absolute atomic E-state index is 0.307. The largest absolute Gasteiger partial charge is 0.415 e. The second kappa shape index (κ2) is 21.5. The number of oxime groups is 1. The summed E-state index contributed by atoms with van der Waals surface area (Å²) < 4.78 is 71.0. The maximum atomic E-state index is 7.58. The van der Waals surface area contributed by atoms with Crippen LogP contribution in [0.15, 0.2) is 5.16 Å². The Balaban J connectivity index is 4.39. The SMILES string of the molecule is CO/N=C/C(O[Si](C)(C)C)C(O[Si](C)(C)C)C(OC1OC(CO[Si](C)(C)C)C(O[Si](C)(C)C)C(O[Si](C)(C)C)C1O[Si](C)(C)C)C(CO[Si](C)(C)C)O[Si](C)(C)C. The third kappa shape index (κ3) is 24.9. The van der Waals surface area contributed by atoms with Gasteiger partial charge in [0.1, 0.15) is 49.8 Å². The molecule has 0 aromatic carbocycles. The molecule has 0 radical (unpaired) electrons. The summed E-state index contributed by atoms with van der Waals surface area (Å²) in [6, 6.07) is 0. The second-order valence-electron chi connectivity index (χ2n) is 23.2. The van der Waals surface area contributed by atoms with Gasteiger partial charge in [-0.3, -0.25) is 0 Å². The van der Waals surface area contributed by atoms with Gasteiger partial charge in [-0.25, -0.2) is 0 Å². The van der Waals surface area contributed by atoms with Crippen LogP contribution in [0.25, 0.3) is 0 Å². The first-order valence-electron chi connectivity index (χ1n) is 20.9. The lowest BCUT2D eigenvalue weighted by atomic mass is 9.98. The van der Waals surface area contributed by atoms with Crippen molar-refractivity contribution < 1.29 is 49.7 Å². The lowest BCUT2D eigenvalue weighted by Crippen LogP contribution is -2.68. The molecule has 0 N–H and O–H groups in total. The molecule has 1 aliphatic rings. The van der Waals surface area contributed by atoms with E-state index >= 15 is 0 Å². The van der Waals surface area contributed by atoms with E-state index in [2.05, 4.69) is 162 Å². The minimum atomic E-state index is -2.31. The van der Waals surface area contributed by atoms with Gasteiger partial charge < -0.3 is 49.7 Å². The molecule has 1 heterocycles. The van der Waals surface area contributed by atoms with Crippen LogP contribution in [0.1, 0.15) is 0 Å². The Morgan fingerprint density at radius 2 is 0.930 bits per heavy atom. The topological polar surface area (TPSA) is 114 Å². The molecule has 0 bridgehead atoms. The molecule has 1 saturated heterocycles. The van der Waals surface area contributed by atoms with Crippen molar-refractivity contribution >= 4 is 72.8 Å². The molecule has 57 heavy (non-hydrogen) atoms. The van der Waals surface area contributed by atoms with Crippen LogP contribution in [-0.4, -0.2) is 148 Å². The molecule has 0 aromatic heterocycles. The number of rotatable bonds is 25. The van der Waals surface area contributed by atoms with Crippen LogP contribution >= 0.6 is 0 Å². The van der Waals surface area contributed by atoms with Gasteiger partial charge in [0, 0.05) is 0 Å². The Bertz CT molecular complexity index is 1210. The van der Waals surface area contributed by atoms with Crippen molar-refractivity contribution in [3.05, 3.63) is 0 Å². The highest BCUT2D eigenvalue weighted by atomic mass is 28.4. The number of hydrogen-bond acceptors (Lipinski definition) is 12. The maximum absolute atomic E-state index is 7.58. The van der Waals surface area contributed by atoms with Crippen molar-refractivity contribution in [1.82, 2.24) is 0 Å². The first kappa shape index (κ1) is 55.8. The average Bonchev–Trinajstić information content (AvgIpc) is 2.92. The smallest absolute Gasteiger partial charge is 0.186 e. The number of nitrogens with zero attached hydrogens (tertiary/aromatic N) is 1. The van der Waals surface area contributed by atoms with Crippen LogP contribution in [0.5, 0.6) is 0 Å². The van der Waals surface area contributed by atoms with Crippen LogP contribution in [0, 0.1) is 0 Å². The van der Waals surface area contributed by atoms with Gasteiger partial charge >= 0.3 is 0 Å². The van der Waals surface area contributed by atoms with E-state index < -0.39 is 122 Å². The van der Waals surface area contributed by atoms with E-state index in [4.69, 9.17) is 49.7 Å². The summed E-state index contributed by atoms with van der Waals surface area (Å²) in [5.41, 5.74) is 0. The van der Waals surface area contributed by atoms with Crippen LogP contribution in [0.4, 0.5) is 0 Å². The van der Waals surface area contributed by atoms with Crippen LogP contribution < -0.4 is 0 Å². The molecule has 0 saturated carbocycles. The van der Waals surface area contributed by atoms with E-state index in [-0.39, 0.29) is 0 Å². The predicted molar refractivity (Wildman–Crippen MR) is 257 cm³/mol. The zero-order chi connectivity index (χ0) is 44.8. The predicted octanol–water partition coefficient (Wildman–Crippen LogP) is 9.75. The fourth-order valence-corrected chi connectivity index (χ4v) is 13.8. The molecular weight excluding hydrogens is 859 g/mol. The van der Waals surface area contributed by atoms with Crippen LogP contribution in [0.3, 0.4) is 0 Å². The van der Waals surface area contributed by atoms with Crippen molar-refractivity contribution in [2.75, 3.05) is 20.3 Å². The lowest BCUT2D eigenvalue weighted by Gasteiger charge is -2.52. The minimum Gasteiger partial charge on any atom is -0.415 e. The summed E-state index contributed by atoms with van der Waals surface area (Å²) in [7, 11) is -15.9. The number of hydrogen-bond donors (Lipinski definition) is 0. The van der Waals surface area contributed by atoms with E-state index in [9.17, 15) is 0 Å². The molecule has 0 aromatic rings. The van der Waals surface area contributed by atoms with Crippen LogP contribution in [-0.2, 0) is 49.7 Å². The van der Waals surface area contributed by atoms with Crippen molar-refractivity contribution in [2.24, 2.45) is 5.16 Å². The van der Waals surface area contributed by atoms with Crippen molar-refractivity contribution in [1.29, 1.82) is 0 Å². The third-order valence-corrected chi connectivity index (χ3v) is 15.5. The monoisotopic (exact) mass is 947 g/mol. The Kier molecular flexibility index (Phi) is 21.0. The quantitative estimate of drug-likeness (QED) is 0.0495. The molecule has 0 aliphatic carbocycles. The highest BCUT2D eigenvalue weighted by Crippen LogP contribution is 2.37.